The van der Waals surface area contributed by atoms with Crippen molar-refractivity contribution in [1.82, 2.24) is 20.4 Å². The number of rotatable bonds is 4. The van der Waals surface area contributed by atoms with E-state index in [9.17, 15) is 10.0 Å². The monoisotopic (exact) mass is 407 g/mol. The van der Waals surface area contributed by atoms with Crippen LogP contribution < -0.4 is 15.9 Å². The number of benzene rings is 2. The summed E-state index contributed by atoms with van der Waals surface area (Å²) in [6.45, 7) is -0.250. The predicted molar refractivity (Wildman–Crippen MR) is 112 cm³/mol. The zero-order valence-corrected chi connectivity index (χ0v) is 15.9. The van der Waals surface area contributed by atoms with Crippen molar-refractivity contribution in [2.24, 2.45) is 0 Å². The van der Waals surface area contributed by atoms with Crippen molar-refractivity contribution in [3.63, 3.8) is 0 Å². The first-order valence-corrected chi connectivity index (χ1v) is 8.67. The van der Waals surface area contributed by atoms with Gasteiger partial charge in [-0.15, -0.1) is 0 Å². The molecule has 152 valence electrons. The zero-order valence-electron chi connectivity index (χ0n) is 15.9. The van der Waals surface area contributed by atoms with Crippen LogP contribution in [0.25, 0.3) is 33.3 Å². The number of nitrogen functional groups attached to an aromatic ring is 1. The third-order valence-electron chi connectivity index (χ3n) is 4.42. The Hall–Kier alpha value is -3.96. The Bertz CT molecular complexity index is 1170. The SMILES string of the molecule is COc1cc(-c2ccn[nH]2)c(-c2ccc3c(N)cnnc3c2)cc1B(O)O.O=CO. The summed E-state index contributed by atoms with van der Waals surface area (Å²) in [5.74, 6) is 0.364. The molecule has 0 amide bonds. The Balaban J connectivity index is 0.000000806. The lowest BCUT2D eigenvalue weighted by Gasteiger charge is -2.15. The topological polar surface area (TPSA) is 167 Å². The van der Waals surface area contributed by atoms with E-state index < -0.39 is 7.12 Å². The number of fused-ring (bicyclic) bond motifs is 1. The fourth-order valence-corrected chi connectivity index (χ4v) is 3.09. The summed E-state index contributed by atoms with van der Waals surface area (Å²) in [4.78, 5) is 8.36. The lowest BCUT2D eigenvalue weighted by atomic mass is 9.77. The Morgan fingerprint density at radius 1 is 1.17 bits per heavy atom. The third kappa shape index (κ3) is 4.07. The van der Waals surface area contributed by atoms with Crippen LogP contribution in [0.4, 0.5) is 5.69 Å². The van der Waals surface area contributed by atoms with Crippen molar-refractivity contribution < 1.29 is 24.7 Å². The number of aromatic nitrogens is 4. The minimum atomic E-state index is -1.68. The summed E-state index contributed by atoms with van der Waals surface area (Å²) in [5.41, 5.74) is 10.5. The van der Waals surface area contributed by atoms with Crippen LogP contribution in [0.15, 0.2) is 48.8 Å². The summed E-state index contributed by atoms with van der Waals surface area (Å²) < 4.78 is 5.33. The molecular weight excluding hydrogens is 389 g/mol. The van der Waals surface area contributed by atoms with Crippen LogP contribution in [0.3, 0.4) is 0 Å². The number of nitrogens with one attached hydrogen (secondary N) is 1. The highest BCUT2D eigenvalue weighted by molar-refractivity contribution is 6.60. The summed E-state index contributed by atoms with van der Waals surface area (Å²) >= 11 is 0. The van der Waals surface area contributed by atoms with E-state index in [-0.39, 0.29) is 11.9 Å². The molecule has 0 spiro atoms. The van der Waals surface area contributed by atoms with E-state index >= 15 is 0 Å². The molecule has 4 rings (SSSR count). The number of methoxy groups -OCH3 is 1. The van der Waals surface area contributed by atoms with Crippen molar-refractivity contribution in [2.45, 2.75) is 0 Å². The second kappa shape index (κ2) is 9.03. The van der Waals surface area contributed by atoms with Gasteiger partial charge in [0.1, 0.15) is 5.75 Å². The summed E-state index contributed by atoms with van der Waals surface area (Å²) in [7, 11) is -0.197. The first kappa shape index (κ1) is 20.8. The fraction of sp³-hybridized carbons (Fsp3) is 0.0526. The maximum Gasteiger partial charge on any atom is 0.492 e. The Morgan fingerprint density at radius 2 is 1.93 bits per heavy atom. The molecule has 0 aliphatic rings. The highest BCUT2D eigenvalue weighted by Gasteiger charge is 2.22. The average molecular weight is 407 g/mol. The van der Waals surface area contributed by atoms with Gasteiger partial charge in [-0.1, -0.05) is 12.1 Å². The van der Waals surface area contributed by atoms with Crippen LogP contribution in [-0.2, 0) is 4.79 Å². The van der Waals surface area contributed by atoms with Crippen LogP contribution in [0.2, 0.25) is 0 Å². The molecule has 2 heterocycles. The highest BCUT2D eigenvalue weighted by Crippen LogP contribution is 2.35. The fourth-order valence-electron chi connectivity index (χ4n) is 3.09. The average Bonchev–Trinajstić information content (AvgIpc) is 3.28. The van der Waals surface area contributed by atoms with E-state index in [1.165, 1.54) is 13.3 Å². The van der Waals surface area contributed by atoms with E-state index in [1.54, 1.807) is 18.3 Å². The zero-order chi connectivity index (χ0) is 21.7. The maximum absolute atomic E-state index is 9.75. The standard InChI is InChI=1S/C18H16BN5O3.CH2O2/c1-27-18-8-13(16-4-5-21-23-16)12(7-14(18)19(25)26)10-2-3-11-15(20)9-22-24-17(11)6-10;2-1-3/h2-9,25-26H,1H3,(H2,20,24)(H,21,23);1H,(H,2,3). The smallest absolute Gasteiger partial charge is 0.492 e. The van der Waals surface area contributed by atoms with Crippen molar-refractivity contribution >= 4 is 35.6 Å². The van der Waals surface area contributed by atoms with Gasteiger partial charge in [-0.3, -0.25) is 9.89 Å². The first-order chi connectivity index (χ1) is 14.5. The predicted octanol–water partition coefficient (Wildman–Crippen LogP) is 0.658. The molecule has 0 unspecified atom stereocenters. The molecule has 10 nitrogen and oxygen atoms in total. The van der Waals surface area contributed by atoms with Gasteiger partial charge in [0.15, 0.2) is 0 Å². The molecule has 0 saturated carbocycles. The number of aromatic amines is 1. The van der Waals surface area contributed by atoms with Crippen molar-refractivity contribution in [2.75, 3.05) is 12.8 Å². The molecule has 2 aromatic heterocycles. The molecule has 0 radical (unpaired) electrons. The second-order valence-electron chi connectivity index (χ2n) is 6.12. The third-order valence-corrected chi connectivity index (χ3v) is 4.42. The van der Waals surface area contributed by atoms with Crippen LogP contribution in [0, 0.1) is 0 Å². The number of ether oxygens (including phenoxy) is 1. The van der Waals surface area contributed by atoms with Crippen LogP contribution in [0.5, 0.6) is 5.75 Å². The molecule has 0 bridgehead atoms. The van der Waals surface area contributed by atoms with Crippen LogP contribution in [0.1, 0.15) is 0 Å². The lowest BCUT2D eigenvalue weighted by Crippen LogP contribution is -2.31. The number of carbonyl (C=O) groups is 1. The molecule has 0 fully saturated rings. The molecule has 2 aromatic carbocycles. The van der Waals surface area contributed by atoms with E-state index in [2.05, 4.69) is 20.4 Å². The number of nitrogens with two attached hydrogens (primary N) is 1. The Morgan fingerprint density at radius 3 is 2.57 bits per heavy atom. The van der Waals surface area contributed by atoms with Crippen molar-refractivity contribution in [1.29, 1.82) is 0 Å². The number of hydrogen-bond donors (Lipinski definition) is 5. The molecule has 6 N–H and O–H groups in total. The minimum Gasteiger partial charge on any atom is -0.497 e. The molecule has 0 atom stereocenters. The molecule has 11 heteroatoms. The quantitative estimate of drug-likeness (QED) is 0.241. The van der Waals surface area contributed by atoms with Gasteiger partial charge in [0.25, 0.3) is 6.47 Å². The normalized spacial score (nSPS) is 10.2. The summed E-state index contributed by atoms with van der Waals surface area (Å²) in [6, 6.07) is 10.9. The second-order valence-corrected chi connectivity index (χ2v) is 6.12. The molecule has 4 aromatic rings. The molecular formula is C19H18BN5O5. The summed E-state index contributed by atoms with van der Waals surface area (Å²) in [5, 5.41) is 42.2. The van der Waals surface area contributed by atoms with Gasteiger partial charge in [0, 0.05) is 22.6 Å². The van der Waals surface area contributed by atoms with Crippen LogP contribution in [-0.4, -0.2) is 56.2 Å². The minimum absolute atomic E-state index is 0.250. The number of H-pyrrole nitrogens is 1. The van der Waals surface area contributed by atoms with Crippen LogP contribution >= 0.6 is 0 Å². The van der Waals surface area contributed by atoms with Gasteiger partial charge in [-0.25, -0.2) is 0 Å². The highest BCUT2D eigenvalue weighted by atomic mass is 16.5. The Kier molecular flexibility index (Phi) is 6.25. The van der Waals surface area contributed by atoms with Gasteiger partial charge in [0.05, 0.1) is 30.2 Å². The number of hydrogen-bond acceptors (Lipinski definition) is 8. The van der Waals surface area contributed by atoms with Gasteiger partial charge >= 0.3 is 7.12 Å². The number of anilines is 1. The van der Waals surface area contributed by atoms with Gasteiger partial charge in [-0.05, 0) is 35.4 Å². The summed E-state index contributed by atoms with van der Waals surface area (Å²) in [6.07, 6.45) is 3.15. The number of carboxylic acid groups (broad SMARTS) is 1. The molecule has 0 saturated heterocycles. The molecule has 0 aliphatic carbocycles. The van der Waals surface area contributed by atoms with E-state index in [1.807, 2.05) is 24.3 Å². The van der Waals surface area contributed by atoms with Crippen molar-refractivity contribution in [3.05, 3.63) is 48.8 Å². The van der Waals surface area contributed by atoms with Gasteiger partial charge in [-0.2, -0.15) is 15.3 Å². The first-order valence-electron chi connectivity index (χ1n) is 8.67. The van der Waals surface area contributed by atoms with E-state index in [4.69, 9.17) is 20.4 Å². The van der Waals surface area contributed by atoms with E-state index in [0.717, 1.165) is 27.8 Å². The largest absolute Gasteiger partial charge is 0.497 e. The lowest BCUT2D eigenvalue weighted by molar-refractivity contribution is -0.122. The molecule has 0 aliphatic heterocycles. The Labute approximate surface area is 171 Å². The number of nitrogens with zero attached hydrogens (tertiary/aromatic N) is 3. The molecule has 30 heavy (non-hydrogen) atoms. The maximum atomic E-state index is 9.75. The van der Waals surface area contributed by atoms with Gasteiger partial charge in [0.2, 0.25) is 0 Å². The van der Waals surface area contributed by atoms with Crippen molar-refractivity contribution in [3.8, 4) is 28.1 Å². The van der Waals surface area contributed by atoms with E-state index in [0.29, 0.717) is 17.0 Å². The van der Waals surface area contributed by atoms with Gasteiger partial charge < -0.3 is 25.6 Å².